The molecule has 0 radical (unpaired) electrons. The minimum atomic E-state index is -4.68. The van der Waals surface area contributed by atoms with Crippen molar-refractivity contribution in [3.8, 4) is 0 Å². The van der Waals surface area contributed by atoms with E-state index in [4.69, 9.17) is 14.8 Å². The molecule has 0 heterocycles. The van der Waals surface area contributed by atoms with Crippen LogP contribution in [0.15, 0.2) is 35.2 Å². The van der Waals surface area contributed by atoms with Gasteiger partial charge < -0.3 is 10.2 Å². The maximum absolute atomic E-state index is 11.3. The molecule has 2 aromatic carbocycles. The second kappa shape index (κ2) is 4.58. The van der Waals surface area contributed by atoms with E-state index in [1.54, 1.807) is 0 Å². The zero-order chi connectivity index (χ0) is 15.1. The van der Waals surface area contributed by atoms with E-state index in [0.717, 1.165) is 18.2 Å². The number of carboxylic acid groups (broad SMARTS) is 2. The lowest BCUT2D eigenvalue weighted by Gasteiger charge is -2.09. The van der Waals surface area contributed by atoms with Crippen LogP contribution in [0.3, 0.4) is 0 Å². The lowest BCUT2D eigenvalue weighted by molar-refractivity contribution is 0.0684. The number of hydrogen-bond donors (Lipinski definition) is 3. The Kier molecular flexibility index (Phi) is 3.20. The number of carbonyl (C=O) groups is 2. The van der Waals surface area contributed by atoms with Gasteiger partial charge in [0.15, 0.2) is 0 Å². The van der Waals surface area contributed by atoms with Crippen molar-refractivity contribution in [2.45, 2.75) is 4.90 Å². The summed E-state index contributed by atoms with van der Waals surface area (Å²) in [6, 6.07) is 5.57. The van der Waals surface area contributed by atoms with E-state index >= 15 is 0 Å². The topological polar surface area (TPSA) is 129 Å². The van der Waals surface area contributed by atoms with Crippen molar-refractivity contribution in [2.24, 2.45) is 0 Å². The first-order valence-corrected chi connectivity index (χ1v) is 6.67. The van der Waals surface area contributed by atoms with E-state index in [-0.39, 0.29) is 16.3 Å². The van der Waals surface area contributed by atoms with Gasteiger partial charge in [-0.1, -0.05) is 12.1 Å². The van der Waals surface area contributed by atoms with Crippen LogP contribution in [0.1, 0.15) is 20.7 Å². The summed E-state index contributed by atoms with van der Waals surface area (Å²) in [4.78, 5) is 21.6. The van der Waals surface area contributed by atoms with Gasteiger partial charge in [-0.2, -0.15) is 8.42 Å². The molecule has 0 saturated heterocycles. The van der Waals surface area contributed by atoms with Gasteiger partial charge in [0.05, 0.1) is 11.1 Å². The first kappa shape index (κ1) is 14.0. The third kappa shape index (κ3) is 2.22. The highest BCUT2D eigenvalue weighted by molar-refractivity contribution is 7.86. The minimum absolute atomic E-state index is 0.0764. The fraction of sp³-hybridized carbons (Fsp3) is 0. The Morgan fingerprint density at radius 3 is 1.95 bits per heavy atom. The summed E-state index contributed by atoms with van der Waals surface area (Å²) in [7, 11) is -4.68. The second-order valence-electron chi connectivity index (χ2n) is 3.92. The molecular formula is C12H8O7S. The SMILES string of the molecule is O=C(O)c1ccc(C(=O)O)c2c(S(=O)(=O)O)cccc12. The Labute approximate surface area is 112 Å². The number of hydrogen-bond acceptors (Lipinski definition) is 4. The van der Waals surface area contributed by atoms with E-state index in [9.17, 15) is 18.0 Å². The first-order chi connectivity index (χ1) is 9.23. The van der Waals surface area contributed by atoms with E-state index in [0.29, 0.717) is 0 Å². The van der Waals surface area contributed by atoms with Gasteiger partial charge in [-0.3, -0.25) is 4.55 Å². The first-order valence-electron chi connectivity index (χ1n) is 5.23. The monoisotopic (exact) mass is 296 g/mol. The summed E-state index contributed by atoms with van der Waals surface area (Å²) < 4.78 is 31.8. The molecule has 0 aromatic heterocycles. The largest absolute Gasteiger partial charge is 0.478 e. The van der Waals surface area contributed by atoms with Gasteiger partial charge in [0.2, 0.25) is 0 Å². The van der Waals surface area contributed by atoms with Crippen LogP contribution in [-0.4, -0.2) is 35.1 Å². The summed E-state index contributed by atoms with van der Waals surface area (Å²) in [5.74, 6) is -2.76. The third-order valence-electron chi connectivity index (χ3n) is 2.74. The van der Waals surface area contributed by atoms with E-state index in [2.05, 4.69) is 0 Å². The van der Waals surface area contributed by atoms with Crippen LogP contribution in [0.5, 0.6) is 0 Å². The highest BCUT2D eigenvalue weighted by Gasteiger charge is 2.22. The maximum atomic E-state index is 11.3. The molecule has 0 bridgehead atoms. The maximum Gasteiger partial charge on any atom is 0.336 e. The molecule has 0 unspecified atom stereocenters. The summed E-state index contributed by atoms with van der Waals surface area (Å²) in [6.07, 6.45) is 0. The van der Waals surface area contributed by atoms with E-state index in [1.165, 1.54) is 12.1 Å². The molecule has 0 saturated carbocycles. The summed E-state index contributed by atoms with van der Waals surface area (Å²) in [6.45, 7) is 0. The molecule has 3 N–H and O–H groups in total. The van der Waals surface area contributed by atoms with Crippen LogP contribution >= 0.6 is 0 Å². The van der Waals surface area contributed by atoms with Crippen molar-refractivity contribution in [1.82, 2.24) is 0 Å². The van der Waals surface area contributed by atoms with Crippen LogP contribution in [0.2, 0.25) is 0 Å². The Hall–Kier alpha value is -2.45. The van der Waals surface area contributed by atoms with Crippen LogP contribution in [0.4, 0.5) is 0 Å². The van der Waals surface area contributed by atoms with Gasteiger partial charge in [-0.15, -0.1) is 0 Å². The Morgan fingerprint density at radius 1 is 0.900 bits per heavy atom. The van der Waals surface area contributed by atoms with Crippen molar-refractivity contribution in [1.29, 1.82) is 0 Å². The smallest absolute Gasteiger partial charge is 0.336 e. The molecule has 8 heteroatoms. The Balaban J connectivity index is 3.09. The quantitative estimate of drug-likeness (QED) is 0.731. The van der Waals surface area contributed by atoms with Crippen molar-refractivity contribution >= 4 is 32.8 Å². The normalized spacial score (nSPS) is 11.4. The van der Waals surface area contributed by atoms with Crippen molar-refractivity contribution in [3.63, 3.8) is 0 Å². The van der Waals surface area contributed by atoms with Crippen molar-refractivity contribution in [2.75, 3.05) is 0 Å². The molecule has 20 heavy (non-hydrogen) atoms. The Morgan fingerprint density at radius 2 is 1.45 bits per heavy atom. The molecule has 0 aliphatic carbocycles. The molecule has 0 aliphatic heterocycles. The van der Waals surface area contributed by atoms with Gasteiger partial charge in [-0.25, -0.2) is 9.59 Å². The van der Waals surface area contributed by atoms with Gasteiger partial charge in [-0.05, 0) is 23.6 Å². The lowest BCUT2D eigenvalue weighted by atomic mass is 9.99. The molecular weight excluding hydrogens is 288 g/mol. The average molecular weight is 296 g/mol. The second-order valence-corrected chi connectivity index (χ2v) is 5.31. The molecule has 0 spiro atoms. The molecule has 0 aliphatic rings. The van der Waals surface area contributed by atoms with E-state index < -0.39 is 32.5 Å². The van der Waals surface area contributed by atoms with Crippen molar-refractivity contribution < 1.29 is 32.8 Å². The van der Waals surface area contributed by atoms with Gasteiger partial charge in [0, 0.05) is 5.39 Å². The predicted octanol–water partition coefficient (Wildman–Crippen LogP) is 1.48. The van der Waals surface area contributed by atoms with E-state index in [1.807, 2.05) is 0 Å². The number of carboxylic acids is 2. The van der Waals surface area contributed by atoms with Crippen LogP contribution in [0, 0.1) is 0 Å². The molecule has 0 amide bonds. The lowest BCUT2D eigenvalue weighted by Crippen LogP contribution is -2.07. The standard InChI is InChI=1S/C12H8O7S/c13-11(14)7-4-5-8(12(15)16)10-6(7)2-1-3-9(10)20(17,18)19/h1-5H,(H,13,14)(H,15,16)(H,17,18,19). The minimum Gasteiger partial charge on any atom is -0.478 e. The van der Waals surface area contributed by atoms with Crippen LogP contribution < -0.4 is 0 Å². The van der Waals surface area contributed by atoms with Gasteiger partial charge >= 0.3 is 11.9 Å². The number of benzene rings is 2. The van der Waals surface area contributed by atoms with Crippen LogP contribution in [-0.2, 0) is 10.1 Å². The fourth-order valence-corrected chi connectivity index (χ4v) is 2.68. The average Bonchev–Trinajstić information content (AvgIpc) is 2.34. The molecule has 2 rings (SSSR count). The molecule has 104 valence electrons. The number of fused-ring (bicyclic) bond motifs is 1. The molecule has 0 fully saturated rings. The fourth-order valence-electron chi connectivity index (χ4n) is 1.95. The highest BCUT2D eigenvalue weighted by atomic mass is 32.2. The highest BCUT2D eigenvalue weighted by Crippen LogP contribution is 2.29. The summed E-state index contributed by atoms with van der Waals surface area (Å²) in [5.41, 5.74) is -0.659. The predicted molar refractivity (Wildman–Crippen MR) is 67.7 cm³/mol. The van der Waals surface area contributed by atoms with Crippen LogP contribution in [0.25, 0.3) is 10.8 Å². The summed E-state index contributed by atoms with van der Waals surface area (Å²) in [5, 5.41) is 17.7. The molecule has 2 aromatic rings. The number of rotatable bonds is 3. The molecule has 0 atom stereocenters. The van der Waals surface area contributed by atoms with Gasteiger partial charge in [0.25, 0.3) is 10.1 Å². The molecule has 7 nitrogen and oxygen atoms in total. The number of aromatic carboxylic acids is 2. The third-order valence-corrected chi connectivity index (χ3v) is 3.64. The van der Waals surface area contributed by atoms with Gasteiger partial charge in [0.1, 0.15) is 4.90 Å². The van der Waals surface area contributed by atoms with Crippen molar-refractivity contribution in [3.05, 3.63) is 41.5 Å². The zero-order valence-corrected chi connectivity index (χ0v) is 10.6. The zero-order valence-electron chi connectivity index (χ0n) is 9.77. The Bertz CT molecular complexity index is 836. The summed E-state index contributed by atoms with van der Waals surface area (Å²) >= 11 is 0.